The van der Waals surface area contributed by atoms with Crippen LogP contribution in [-0.2, 0) is 4.74 Å². The molecule has 1 heterocycles. The molecule has 0 aliphatic carbocycles. The van der Waals surface area contributed by atoms with E-state index >= 15 is 0 Å². The fourth-order valence-electron chi connectivity index (χ4n) is 2.16. The topological polar surface area (TPSA) is 38.5 Å². The smallest absolute Gasteiger partial charge is 0.0599 e. The van der Waals surface area contributed by atoms with Gasteiger partial charge in [-0.15, -0.1) is 0 Å². The summed E-state index contributed by atoms with van der Waals surface area (Å²) in [6, 6.07) is 1.12. The third kappa shape index (κ3) is 2.66. The molecule has 1 aliphatic rings. The van der Waals surface area contributed by atoms with Crippen LogP contribution in [-0.4, -0.2) is 43.3 Å². The van der Waals surface area contributed by atoms with Gasteiger partial charge in [0.15, 0.2) is 0 Å². The zero-order valence-corrected chi connectivity index (χ0v) is 8.99. The summed E-state index contributed by atoms with van der Waals surface area (Å²) in [5.41, 5.74) is 5.75. The van der Waals surface area contributed by atoms with Crippen molar-refractivity contribution in [1.82, 2.24) is 4.90 Å². The van der Waals surface area contributed by atoms with Crippen LogP contribution in [0.15, 0.2) is 0 Å². The second-order valence-corrected chi connectivity index (χ2v) is 4.10. The van der Waals surface area contributed by atoms with Crippen molar-refractivity contribution >= 4 is 0 Å². The molecule has 0 aromatic heterocycles. The molecule has 0 spiro atoms. The van der Waals surface area contributed by atoms with Crippen molar-refractivity contribution in [2.24, 2.45) is 5.73 Å². The highest BCUT2D eigenvalue weighted by molar-refractivity contribution is 4.84. The predicted molar refractivity (Wildman–Crippen MR) is 54.7 cm³/mol. The average Bonchev–Trinajstić information content (AvgIpc) is 2.16. The van der Waals surface area contributed by atoms with Crippen molar-refractivity contribution in [3.63, 3.8) is 0 Å². The molecule has 78 valence electrons. The van der Waals surface area contributed by atoms with Gasteiger partial charge in [-0.05, 0) is 26.7 Å². The number of rotatable bonds is 3. The molecule has 3 nitrogen and oxygen atoms in total. The Balaban J connectivity index is 2.50. The molecular formula is C10H22N2O. The van der Waals surface area contributed by atoms with Crippen LogP contribution in [0.3, 0.4) is 0 Å². The van der Waals surface area contributed by atoms with Crippen molar-refractivity contribution in [1.29, 1.82) is 0 Å². The average molecular weight is 186 g/mol. The normalized spacial score (nSPS) is 31.2. The van der Waals surface area contributed by atoms with Crippen molar-refractivity contribution in [2.45, 2.75) is 44.9 Å². The highest BCUT2D eigenvalue weighted by Gasteiger charge is 2.28. The summed E-state index contributed by atoms with van der Waals surface area (Å²) in [5, 5.41) is 0. The van der Waals surface area contributed by atoms with Crippen molar-refractivity contribution in [3.8, 4) is 0 Å². The van der Waals surface area contributed by atoms with Crippen LogP contribution in [0.2, 0.25) is 0 Å². The summed E-state index contributed by atoms with van der Waals surface area (Å²) >= 11 is 0. The summed E-state index contributed by atoms with van der Waals surface area (Å²) in [7, 11) is 1.79. The van der Waals surface area contributed by atoms with E-state index in [0.717, 1.165) is 25.9 Å². The first-order chi connectivity index (χ1) is 6.19. The first-order valence-corrected chi connectivity index (χ1v) is 5.17. The molecule has 1 aliphatic heterocycles. The SMILES string of the molecule is COC1CCN(C(C)C)C(CN)C1. The van der Waals surface area contributed by atoms with Crippen LogP contribution >= 0.6 is 0 Å². The van der Waals surface area contributed by atoms with E-state index in [-0.39, 0.29) is 0 Å². The van der Waals surface area contributed by atoms with E-state index in [2.05, 4.69) is 18.7 Å². The molecule has 0 bridgehead atoms. The summed E-state index contributed by atoms with van der Waals surface area (Å²) in [6.07, 6.45) is 2.65. The lowest BCUT2D eigenvalue weighted by atomic mass is 9.98. The minimum atomic E-state index is 0.420. The van der Waals surface area contributed by atoms with Gasteiger partial charge in [0.05, 0.1) is 6.10 Å². The van der Waals surface area contributed by atoms with E-state index in [0.29, 0.717) is 18.2 Å². The van der Waals surface area contributed by atoms with Crippen LogP contribution in [0.1, 0.15) is 26.7 Å². The zero-order chi connectivity index (χ0) is 9.84. The molecule has 2 N–H and O–H groups in total. The third-order valence-corrected chi connectivity index (χ3v) is 2.98. The molecule has 13 heavy (non-hydrogen) atoms. The van der Waals surface area contributed by atoms with Crippen LogP contribution in [0.25, 0.3) is 0 Å². The fourth-order valence-corrected chi connectivity index (χ4v) is 2.16. The Morgan fingerprint density at radius 2 is 2.23 bits per heavy atom. The molecule has 0 aromatic rings. The zero-order valence-electron chi connectivity index (χ0n) is 8.99. The predicted octanol–water partition coefficient (Wildman–Crippen LogP) is 0.833. The Labute approximate surface area is 81.2 Å². The first kappa shape index (κ1) is 11.0. The number of piperidine rings is 1. The summed E-state index contributed by atoms with van der Waals surface area (Å²) < 4.78 is 5.37. The lowest BCUT2D eigenvalue weighted by Crippen LogP contribution is -2.51. The van der Waals surface area contributed by atoms with Gasteiger partial charge < -0.3 is 10.5 Å². The number of ether oxygens (including phenoxy) is 1. The number of nitrogens with zero attached hydrogens (tertiary/aromatic N) is 1. The molecule has 0 saturated carbocycles. The first-order valence-electron chi connectivity index (χ1n) is 5.17. The van der Waals surface area contributed by atoms with Gasteiger partial charge in [-0.1, -0.05) is 0 Å². The van der Waals surface area contributed by atoms with Gasteiger partial charge in [-0.25, -0.2) is 0 Å². The van der Waals surface area contributed by atoms with Crippen molar-refractivity contribution in [3.05, 3.63) is 0 Å². The van der Waals surface area contributed by atoms with Crippen LogP contribution in [0, 0.1) is 0 Å². The maximum absolute atomic E-state index is 5.75. The van der Waals surface area contributed by atoms with Crippen LogP contribution in [0.5, 0.6) is 0 Å². The Morgan fingerprint density at radius 3 is 2.69 bits per heavy atom. The van der Waals surface area contributed by atoms with Gasteiger partial charge in [0.25, 0.3) is 0 Å². The van der Waals surface area contributed by atoms with Gasteiger partial charge in [-0.2, -0.15) is 0 Å². The fraction of sp³-hybridized carbons (Fsp3) is 1.00. The van der Waals surface area contributed by atoms with Gasteiger partial charge in [0.1, 0.15) is 0 Å². The molecule has 0 amide bonds. The number of hydrogen-bond donors (Lipinski definition) is 1. The van der Waals surface area contributed by atoms with Crippen LogP contribution < -0.4 is 5.73 Å². The molecule has 2 atom stereocenters. The van der Waals surface area contributed by atoms with E-state index in [1.54, 1.807) is 7.11 Å². The second-order valence-electron chi connectivity index (χ2n) is 4.10. The largest absolute Gasteiger partial charge is 0.381 e. The van der Waals surface area contributed by atoms with E-state index < -0.39 is 0 Å². The minimum Gasteiger partial charge on any atom is -0.381 e. The van der Waals surface area contributed by atoms with Crippen molar-refractivity contribution in [2.75, 3.05) is 20.2 Å². The van der Waals surface area contributed by atoms with E-state index in [1.807, 2.05) is 0 Å². The van der Waals surface area contributed by atoms with E-state index in [9.17, 15) is 0 Å². The molecule has 1 fully saturated rings. The number of hydrogen-bond acceptors (Lipinski definition) is 3. The number of nitrogens with two attached hydrogens (primary N) is 1. The highest BCUT2D eigenvalue weighted by Crippen LogP contribution is 2.20. The monoisotopic (exact) mass is 186 g/mol. The Bertz CT molecular complexity index is 150. The Morgan fingerprint density at radius 1 is 1.54 bits per heavy atom. The maximum atomic E-state index is 5.75. The van der Waals surface area contributed by atoms with E-state index in [4.69, 9.17) is 10.5 Å². The maximum Gasteiger partial charge on any atom is 0.0599 e. The Kier molecular flexibility index (Phi) is 4.16. The second kappa shape index (κ2) is 4.94. The number of likely N-dealkylation sites (tertiary alicyclic amines) is 1. The summed E-state index contributed by atoms with van der Waals surface area (Å²) in [6.45, 7) is 6.33. The molecule has 1 rings (SSSR count). The van der Waals surface area contributed by atoms with Gasteiger partial charge in [-0.3, -0.25) is 4.90 Å². The van der Waals surface area contributed by atoms with E-state index in [1.165, 1.54) is 0 Å². The lowest BCUT2D eigenvalue weighted by molar-refractivity contribution is 0.00179. The molecule has 1 saturated heterocycles. The van der Waals surface area contributed by atoms with Crippen molar-refractivity contribution < 1.29 is 4.74 Å². The quantitative estimate of drug-likeness (QED) is 0.709. The molecule has 0 radical (unpaired) electrons. The molecule has 2 unspecified atom stereocenters. The van der Waals surface area contributed by atoms with Gasteiger partial charge in [0.2, 0.25) is 0 Å². The van der Waals surface area contributed by atoms with Gasteiger partial charge >= 0.3 is 0 Å². The molecule has 0 aromatic carbocycles. The summed E-state index contributed by atoms with van der Waals surface area (Å²) in [4.78, 5) is 2.48. The molecule has 3 heteroatoms. The van der Waals surface area contributed by atoms with Gasteiger partial charge in [0, 0.05) is 32.3 Å². The van der Waals surface area contributed by atoms with Crippen LogP contribution in [0.4, 0.5) is 0 Å². The third-order valence-electron chi connectivity index (χ3n) is 2.98. The highest BCUT2D eigenvalue weighted by atomic mass is 16.5. The Hall–Kier alpha value is -0.120. The molecular weight excluding hydrogens is 164 g/mol. The lowest BCUT2D eigenvalue weighted by Gasteiger charge is -2.40. The number of methoxy groups -OCH3 is 1. The standard InChI is InChI=1S/C10H22N2O/c1-8(2)12-5-4-10(13-3)6-9(12)7-11/h8-10H,4-7,11H2,1-3H3. The minimum absolute atomic E-state index is 0.420. The summed E-state index contributed by atoms with van der Waals surface area (Å²) in [5.74, 6) is 0.